The van der Waals surface area contributed by atoms with Crippen molar-refractivity contribution in [2.45, 2.75) is 0 Å². The molecule has 0 fully saturated rings. The van der Waals surface area contributed by atoms with Crippen molar-refractivity contribution < 1.29 is 52.8 Å². The van der Waals surface area contributed by atoms with Gasteiger partial charge >= 0.3 is 75.3 Å². The molecule has 4 heteroatoms. The fraction of sp³-hybridized carbons (Fsp3) is 0. The van der Waals surface area contributed by atoms with Gasteiger partial charge in [0.1, 0.15) is 0 Å². The first kappa shape index (κ1) is 15.7. The van der Waals surface area contributed by atoms with E-state index in [-0.39, 0.29) is 76.7 Å². The van der Waals surface area contributed by atoms with Crippen LogP contribution >= 0.6 is 23.3 Å². The van der Waals surface area contributed by atoms with Gasteiger partial charge < -0.3 is 1.43 Å². The first-order valence-electron chi connectivity index (χ1n) is 0.200. The predicted octanol–water partition coefficient (Wildman–Crippen LogP) is -3.04. The molecule has 0 N–H and O–H groups in total. The normalized spacial score (nSPS) is 1.50. The molecule has 0 saturated carbocycles. The van der Waals surface area contributed by atoms with Crippen molar-refractivity contribution in [3.63, 3.8) is 0 Å². The number of hydrogen-bond donors (Lipinski definition) is 2. The standard InChI is InChI=1S/K.H2S2.Sn.3H/c;1-2;;;;/h;1-2H;;;;/q+1;;;;;-1. The monoisotopic (exact) mass is 228 g/mol. The molecule has 4 heavy (non-hydrogen) atoms. The summed E-state index contributed by atoms with van der Waals surface area (Å²) in [7, 11) is 0. The molecule has 0 aliphatic rings. The molecule has 0 spiro atoms. The van der Waals surface area contributed by atoms with Gasteiger partial charge in [-0.3, -0.25) is 0 Å². The van der Waals surface area contributed by atoms with Crippen LogP contribution in [0.5, 0.6) is 0 Å². The van der Waals surface area contributed by atoms with Gasteiger partial charge in [-0.2, -0.15) is 0 Å². The maximum atomic E-state index is 3.22. The first-order valence-corrected chi connectivity index (χ1v) is 1.80. The van der Waals surface area contributed by atoms with Crippen LogP contribution in [0.3, 0.4) is 0 Å². The quantitative estimate of drug-likeness (QED) is 0.245. The Hall–Kier alpha value is 3.14. The van der Waals surface area contributed by atoms with E-state index >= 15 is 0 Å². The summed E-state index contributed by atoms with van der Waals surface area (Å²) in [6.45, 7) is 0. The Morgan fingerprint density at radius 3 is 1.25 bits per heavy atom. The summed E-state index contributed by atoms with van der Waals surface area (Å²) in [5.41, 5.74) is 0. The van der Waals surface area contributed by atoms with Crippen LogP contribution in [0.25, 0.3) is 0 Å². The topological polar surface area (TPSA) is 0 Å². The zero-order chi connectivity index (χ0) is 2.00. The second-order valence-electron chi connectivity index (χ2n) is 0. The van der Waals surface area contributed by atoms with E-state index in [4.69, 9.17) is 0 Å². The molecule has 22 valence electrons. The Kier molecular flexibility index (Phi) is 64.6. The molecular formula is H5KS2Sn. The molecule has 0 aliphatic carbocycles. The first-order chi connectivity index (χ1) is 1.00. The molecule has 2 radical (unpaired) electrons. The van der Waals surface area contributed by atoms with Gasteiger partial charge in [-0.05, 0) is 0 Å². The van der Waals surface area contributed by atoms with Gasteiger partial charge in [-0.15, -0.1) is 23.3 Å². The zero-order valence-electron chi connectivity index (χ0n) is 3.60. The van der Waals surface area contributed by atoms with Gasteiger partial charge in [-0.1, -0.05) is 0 Å². The van der Waals surface area contributed by atoms with Crippen molar-refractivity contribution in [1.82, 2.24) is 0 Å². The summed E-state index contributed by atoms with van der Waals surface area (Å²) in [6, 6.07) is 0. The molecule has 0 aliphatic heterocycles. The van der Waals surface area contributed by atoms with Crippen LogP contribution < -0.4 is 51.4 Å². The van der Waals surface area contributed by atoms with Crippen LogP contribution in [-0.4, -0.2) is 23.9 Å². The third kappa shape index (κ3) is 8.93. The van der Waals surface area contributed by atoms with Crippen LogP contribution in [0.15, 0.2) is 0 Å². The molecule has 0 amide bonds. The molecule has 0 bridgehead atoms. The van der Waals surface area contributed by atoms with Gasteiger partial charge in [0.15, 0.2) is 0 Å². The van der Waals surface area contributed by atoms with Crippen molar-refractivity contribution in [2.75, 3.05) is 0 Å². The summed E-state index contributed by atoms with van der Waals surface area (Å²) < 4.78 is 0. The summed E-state index contributed by atoms with van der Waals surface area (Å²) in [5.74, 6) is 0. The maximum absolute atomic E-state index is 3.22. The van der Waals surface area contributed by atoms with Crippen LogP contribution in [0.2, 0.25) is 0 Å². The summed E-state index contributed by atoms with van der Waals surface area (Å²) in [5, 5.41) is 0. The second-order valence-corrected chi connectivity index (χ2v) is 0. The average molecular weight is 227 g/mol. The Labute approximate surface area is 97.6 Å². The number of rotatable bonds is 0. The Bertz CT molecular complexity index is 9.61. The van der Waals surface area contributed by atoms with E-state index < -0.39 is 0 Å². The molecule has 0 heterocycles. The van der Waals surface area contributed by atoms with Crippen molar-refractivity contribution >= 4 is 47.2 Å². The van der Waals surface area contributed by atoms with Gasteiger partial charge in [-0.25, -0.2) is 0 Å². The van der Waals surface area contributed by atoms with E-state index in [9.17, 15) is 0 Å². The van der Waals surface area contributed by atoms with Crippen LogP contribution in [0.4, 0.5) is 0 Å². The van der Waals surface area contributed by atoms with Crippen LogP contribution in [0.1, 0.15) is 1.43 Å². The molecule has 0 saturated heterocycles. The molecule has 0 aromatic rings. The van der Waals surface area contributed by atoms with Gasteiger partial charge in [0.05, 0.1) is 0 Å². The average Bonchev–Trinajstić information content (AvgIpc) is 1.00. The minimum atomic E-state index is 0. The van der Waals surface area contributed by atoms with Crippen molar-refractivity contribution in [1.29, 1.82) is 0 Å². The molecule has 0 rings (SSSR count). The second kappa shape index (κ2) is 16.5. The van der Waals surface area contributed by atoms with Gasteiger partial charge in [0, 0.05) is 0 Å². The van der Waals surface area contributed by atoms with Crippen LogP contribution in [-0.2, 0) is 0 Å². The summed E-state index contributed by atoms with van der Waals surface area (Å²) >= 11 is 6.44. The molecule has 0 unspecified atom stereocenters. The summed E-state index contributed by atoms with van der Waals surface area (Å²) in [4.78, 5) is 0. The fourth-order valence-corrected chi connectivity index (χ4v) is 0. The third-order valence-corrected chi connectivity index (χ3v) is 0. The number of thiol groups is 2. The van der Waals surface area contributed by atoms with Crippen molar-refractivity contribution in [2.24, 2.45) is 0 Å². The van der Waals surface area contributed by atoms with E-state index in [1.54, 1.807) is 0 Å². The Morgan fingerprint density at radius 1 is 1.25 bits per heavy atom. The third-order valence-electron chi connectivity index (χ3n) is 0. The number of hydrogen-bond acceptors (Lipinski definition) is 2. The van der Waals surface area contributed by atoms with Crippen molar-refractivity contribution in [3.8, 4) is 0 Å². The summed E-state index contributed by atoms with van der Waals surface area (Å²) in [6.07, 6.45) is 0. The van der Waals surface area contributed by atoms with Crippen molar-refractivity contribution in [3.05, 3.63) is 0 Å². The molecule has 0 nitrogen and oxygen atoms in total. The Morgan fingerprint density at radius 2 is 1.25 bits per heavy atom. The van der Waals surface area contributed by atoms with E-state index in [2.05, 4.69) is 23.3 Å². The van der Waals surface area contributed by atoms with E-state index in [1.807, 2.05) is 0 Å². The minimum absolute atomic E-state index is 0. The predicted molar refractivity (Wildman–Crippen MR) is 27.6 cm³/mol. The van der Waals surface area contributed by atoms with Crippen LogP contribution in [0, 0.1) is 0 Å². The molecule has 0 aromatic carbocycles. The SMILES string of the molecule is SS.[H-].[K+].[SnH2]. The van der Waals surface area contributed by atoms with E-state index in [1.165, 1.54) is 0 Å². The molecular weight excluding hydrogens is 222 g/mol. The van der Waals surface area contributed by atoms with E-state index in [0.29, 0.717) is 0 Å². The van der Waals surface area contributed by atoms with Gasteiger partial charge in [0.25, 0.3) is 0 Å². The zero-order valence-corrected chi connectivity index (χ0v) is 11.5. The fourth-order valence-electron chi connectivity index (χ4n) is 0. The Balaban J connectivity index is -0.00000000167. The van der Waals surface area contributed by atoms with E-state index in [0.717, 1.165) is 0 Å². The van der Waals surface area contributed by atoms with Gasteiger partial charge in [0.2, 0.25) is 0 Å². The molecule has 0 aromatic heterocycles. The molecule has 0 atom stereocenters.